The number of hydrogen-bond acceptors (Lipinski definition) is 4. The Kier molecular flexibility index (Phi) is 6.34. The number of nitrogens with zero attached hydrogens (tertiary/aromatic N) is 2. The van der Waals surface area contributed by atoms with Gasteiger partial charge in [0.1, 0.15) is 0 Å². The number of carbonyl (C=O) groups is 1. The van der Waals surface area contributed by atoms with Crippen LogP contribution in [0.25, 0.3) is 0 Å². The van der Waals surface area contributed by atoms with Crippen LogP contribution in [-0.4, -0.2) is 62.2 Å². The molecule has 26 heavy (non-hydrogen) atoms. The molecule has 1 aliphatic rings. The fraction of sp³-hybridized carbons (Fsp3) is 0.632. The fourth-order valence-corrected chi connectivity index (χ4v) is 3.79. The van der Waals surface area contributed by atoms with Gasteiger partial charge in [-0.25, -0.2) is 13.2 Å². The average molecular weight is 382 g/mol. The lowest BCUT2D eigenvalue weighted by molar-refractivity contribution is 0.141. The first-order valence-electron chi connectivity index (χ1n) is 9.09. The molecular formula is C19H31N3O3S. The summed E-state index contributed by atoms with van der Waals surface area (Å²) in [5, 5.41) is 3.02. The van der Waals surface area contributed by atoms with Crippen molar-refractivity contribution in [1.82, 2.24) is 15.1 Å². The summed E-state index contributed by atoms with van der Waals surface area (Å²) in [6, 6.07) is 6.43. The number of amides is 2. The zero-order chi connectivity index (χ0) is 19.5. The minimum atomic E-state index is -3.21. The van der Waals surface area contributed by atoms with E-state index < -0.39 is 9.84 Å². The van der Waals surface area contributed by atoms with Gasteiger partial charge in [-0.3, -0.25) is 4.90 Å². The molecule has 0 aliphatic carbocycles. The molecule has 0 spiro atoms. The first-order chi connectivity index (χ1) is 12.0. The third-order valence-electron chi connectivity index (χ3n) is 4.88. The minimum absolute atomic E-state index is 0.0690. The van der Waals surface area contributed by atoms with Gasteiger partial charge in [0.15, 0.2) is 9.84 Å². The molecule has 0 aromatic heterocycles. The topological polar surface area (TPSA) is 69.7 Å². The summed E-state index contributed by atoms with van der Waals surface area (Å²) in [5.41, 5.74) is 0.998. The van der Waals surface area contributed by atoms with Crippen LogP contribution >= 0.6 is 0 Å². The van der Waals surface area contributed by atoms with Crippen LogP contribution in [0.4, 0.5) is 4.79 Å². The Hall–Kier alpha value is -1.60. The number of sulfone groups is 1. The molecule has 2 amide bonds. The lowest BCUT2D eigenvalue weighted by atomic mass is 10.1. The van der Waals surface area contributed by atoms with E-state index in [1.165, 1.54) is 6.26 Å². The zero-order valence-electron chi connectivity index (χ0n) is 16.4. The summed E-state index contributed by atoms with van der Waals surface area (Å²) in [6.45, 7) is 11.8. The second-order valence-corrected chi connectivity index (χ2v) is 10.0. The molecule has 1 unspecified atom stereocenters. The third kappa shape index (κ3) is 5.45. The number of carbonyl (C=O) groups excluding carboxylic acids is 1. The molecular weight excluding hydrogens is 350 g/mol. The van der Waals surface area contributed by atoms with E-state index in [0.29, 0.717) is 6.54 Å². The lowest BCUT2D eigenvalue weighted by Crippen LogP contribution is -2.45. The van der Waals surface area contributed by atoms with Gasteiger partial charge < -0.3 is 10.2 Å². The van der Waals surface area contributed by atoms with Crippen molar-refractivity contribution in [3.8, 4) is 0 Å². The first-order valence-corrected chi connectivity index (χ1v) is 11.0. The fourth-order valence-electron chi connectivity index (χ4n) is 3.15. The van der Waals surface area contributed by atoms with Crippen molar-refractivity contribution < 1.29 is 13.2 Å². The van der Waals surface area contributed by atoms with E-state index in [1.54, 1.807) is 24.3 Å². The minimum Gasteiger partial charge on any atom is -0.331 e. The molecule has 1 fully saturated rings. The second kappa shape index (κ2) is 7.96. The molecule has 0 radical (unpaired) electrons. The van der Waals surface area contributed by atoms with E-state index >= 15 is 0 Å². The Morgan fingerprint density at radius 3 is 2.23 bits per heavy atom. The maximum absolute atomic E-state index is 12.6. The summed E-state index contributed by atoms with van der Waals surface area (Å²) < 4.78 is 23.1. The van der Waals surface area contributed by atoms with Gasteiger partial charge in [0.05, 0.1) is 10.9 Å². The molecule has 1 saturated heterocycles. The molecule has 1 aromatic carbocycles. The van der Waals surface area contributed by atoms with Crippen LogP contribution in [0.2, 0.25) is 0 Å². The van der Waals surface area contributed by atoms with Gasteiger partial charge in [-0.2, -0.15) is 0 Å². The summed E-state index contributed by atoms with van der Waals surface area (Å²) in [6.07, 6.45) is 2.15. The molecule has 6 nitrogen and oxygen atoms in total. The van der Waals surface area contributed by atoms with Crippen molar-refractivity contribution in [3.05, 3.63) is 29.8 Å². The summed E-state index contributed by atoms with van der Waals surface area (Å²) in [7, 11) is -3.21. The molecule has 1 aromatic rings. The smallest absolute Gasteiger partial charge is 0.317 e. The summed E-state index contributed by atoms with van der Waals surface area (Å²) >= 11 is 0. The van der Waals surface area contributed by atoms with E-state index in [4.69, 9.17) is 0 Å². The Morgan fingerprint density at radius 1 is 1.08 bits per heavy atom. The highest BCUT2D eigenvalue weighted by Crippen LogP contribution is 2.18. The number of benzene rings is 1. The number of rotatable bonds is 3. The van der Waals surface area contributed by atoms with E-state index in [-0.39, 0.29) is 22.5 Å². The van der Waals surface area contributed by atoms with Crippen molar-refractivity contribution in [1.29, 1.82) is 0 Å². The van der Waals surface area contributed by atoms with Crippen molar-refractivity contribution in [2.45, 2.75) is 50.6 Å². The average Bonchev–Trinajstić information content (AvgIpc) is 2.80. The molecule has 0 bridgehead atoms. The van der Waals surface area contributed by atoms with E-state index in [9.17, 15) is 13.2 Å². The van der Waals surface area contributed by atoms with Crippen molar-refractivity contribution in [2.75, 3.05) is 32.4 Å². The van der Waals surface area contributed by atoms with Crippen molar-refractivity contribution in [2.24, 2.45) is 0 Å². The summed E-state index contributed by atoms with van der Waals surface area (Å²) in [4.78, 5) is 17.2. The molecule has 1 aliphatic heterocycles. The highest BCUT2D eigenvalue weighted by Gasteiger charge is 2.26. The Labute approximate surface area is 157 Å². The van der Waals surface area contributed by atoms with Crippen LogP contribution in [0.15, 0.2) is 29.2 Å². The molecule has 1 atom stereocenters. The third-order valence-corrected chi connectivity index (χ3v) is 6.01. The number of urea groups is 1. The van der Waals surface area contributed by atoms with Crippen LogP contribution in [0.1, 0.15) is 45.7 Å². The molecule has 1 N–H and O–H groups in total. The lowest BCUT2D eigenvalue weighted by Gasteiger charge is -2.34. The van der Waals surface area contributed by atoms with E-state index in [1.807, 2.05) is 11.8 Å². The predicted octanol–water partition coefficient (Wildman–Crippen LogP) is 2.67. The Morgan fingerprint density at radius 2 is 1.69 bits per heavy atom. The van der Waals surface area contributed by atoms with Crippen LogP contribution in [0, 0.1) is 0 Å². The van der Waals surface area contributed by atoms with Crippen molar-refractivity contribution >= 4 is 15.9 Å². The molecule has 0 saturated carbocycles. The predicted molar refractivity (Wildman–Crippen MR) is 104 cm³/mol. The number of nitrogens with one attached hydrogen (secondary N) is 1. The van der Waals surface area contributed by atoms with Gasteiger partial charge in [-0.05, 0) is 51.8 Å². The van der Waals surface area contributed by atoms with Gasteiger partial charge in [0, 0.05) is 38.0 Å². The van der Waals surface area contributed by atoms with Crippen LogP contribution in [0.5, 0.6) is 0 Å². The second-order valence-electron chi connectivity index (χ2n) is 8.01. The number of hydrogen-bond donors (Lipinski definition) is 1. The van der Waals surface area contributed by atoms with Gasteiger partial charge >= 0.3 is 6.03 Å². The van der Waals surface area contributed by atoms with Gasteiger partial charge in [-0.1, -0.05) is 12.1 Å². The monoisotopic (exact) mass is 381 g/mol. The maximum atomic E-state index is 12.6. The highest BCUT2D eigenvalue weighted by atomic mass is 32.2. The highest BCUT2D eigenvalue weighted by molar-refractivity contribution is 7.90. The SMILES string of the molecule is CC(NC(=O)N1CCCN(C(C)(C)C)CC1)c1ccc(S(C)(=O)=O)cc1. The standard InChI is InChI=1S/C19H31N3O3S/c1-15(16-7-9-17(10-8-16)26(5,24)25)20-18(23)21-11-6-12-22(14-13-21)19(2,3)4/h7-10,15H,6,11-14H2,1-5H3,(H,20,23). The van der Waals surface area contributed by atoms with Gasteiger partial charge in [0.25, 0.3) is 0 Å². The normalized spacial score (nSPS) is 18.3. The Balaban J connectivity index is 1.96. The Bertz CT molecular complexity index is 723. The molecule has 146 valence electrons. The van der Waals surface area contributed by atoms with E-state index in [2.05, 4.69) is 31.0 Å². The largest absolute Gasteiger partial charge is 0.331 e. The quantitative estimate of drug-likeness (QED) is 0.874. The molecule has 2 rings (SSSR count). The zero-order valence-corrected chi connectivity index (χ0v) is 17.3. The van der Waals surface area contributed by atoms with Gasteiger partial charge in [0.2, 0.25) is 0 Å². The van der Waals surface area contributed by atoms with Crippen molar-refractivity contribution in [3.63, 3.8) is 0 Å². The van der Waals surface area contributed by atoms with Crippen LogP contribution in [0.3, 0.4) is 0 Å². The maximum Gasteiger partial charge on any atom is 0.317 e. The van der Waals surface area contributed by atoms with Crippen LogP contribution < -0.4 is 5.32 Å². The van der Waals surface area contributed by atoms with E-state index in [0.717, 1.165) is 31.6 Å². The first kappa shape index (κ1) is 20.7. The molecule has 1 heterocycles. The summed E-state index contributed by atoms with van der Waals surface area (Å²) in [5.74, 6) is 0. The molecule has 7 heteroatoms. The van der Waals surface area contributed by atoms with Crippen LogP contribution in [-0.2, 0) is 9.84 Å². The van der Waals surface area contributed by atoms with Gasteiger partial charge in [-0.15, -0.1) is 0 Å².